The summed E-state index contributed by atoms with van der Waals surface area (Å²) in [5.41, 5.74) is 1.78. The second-order valence-corrected chi connectivity index (χ2v) is 3.24. The molecule has 0 aromatic heterocycles. The number of nitrogens with zero attached hydrogens (tertiary/aromatic N) is 1. The van der Waals surface area contributed by atoms with Crippen LogP contribution in [0.15, 0.2) is 30.0 Å². The molecule has 0 spiro atoms. The Morgan fingerprint density at radius 2 is 2.19 bits per heavy atom. The zero-order valence-corrected chi connectivity index (χ0v) is 9.32. The zero-order valence-electron chi connectivity index (χ0n) is 9.32. The van der Waals surface area contributed by atoms with Crippen molar-refractivity contribution in [2.24, 2.45) is 5.18 Å². The number of nitroso groups, excluding NO2 is 1. The molecule has 1 aromatic carbocycles. The van der Waals surface area contributed by atoms with Crippen LogP contribution in [0.2, 0.25) is 0 Å². The van der Waals surface area contributed by atoms with Crippen LogP contribution in [-0.4, -0.2) is 12.6 Å². The Labute approximate surface area is 93.9 Å². The summed E-state index contributed by atoms with van der Waals surface area (Å²) in [4.78, 5) is 22.0. The first-order chi connectivity index (χ1) is 7.61. The standard InChI is InChI=1S/C12H13NO3/c1-4-16-12(14)9(3)10-6-5-7-11(13-15)8(10)2/h5-7H,3-4H2,1-2H3. The van der Waals surface area contributed by atoms with E-state index in [1.807, 2.05) is 0 Å². The number of hydrogen-bond acceptors (Lipinski definition) is 4. The highest BCUT2D eigenvalue weighted by atomic mass is 16.5. The molecule has 0 N–H and O–H groups in total. The first kappa shape index (κ1) is 12.1. The van der Waals surface area contributed by atoms with Gasteiger partial charge in [0.15, 0.2) is 0 Å². The van der Waals surface area contributed by atoms with Crippen molar-refractivity contribution in [3.8, 4) is 0 Å². The molecule has 0 radical (unpaired) electrons. The van der Waals surface area contributed by atoms with E-state index in [1.54, 1.807) is 32.0 Å². The van der Waals surface area contributed by atoms with Crippen LogP contribution in [0.4, 0.5) is 5.69 Å². The van der Waals surface area contributed by atoms with Crippen LogP contribution in [0.25, 0.3) is 5.57 Å². The van der Waals surface area contributed by atoms with Crippen molar-refractivity contribution in [3.05, 3.63) is 40.8 Å². The van der Waals surface area contributed by atoms with E-state index in [2.05, 4.69) is 11.8 Å². The molecule has 0 atom stereocenters. The molecule has 1 aromatic rings. The third kappa shape index (κ3) is 2.34. The average molecular weight is 219 g/mol. The number of rotatable bonds is 4. The highest BCUT2D eigenvalue weighted by molar-refractivity contribution is 6.16. The lowest BCUT2D eigenvalue weighted by atomic mass is 10.0. The summed E-state index contributed by atoms with van der Waals surface area (Å²) in [5.74, 6) is -0.478. The van der Waals surface area contributed by atoms with Crippen molar-refractivity contribution in [2.75, 3.05) is 6.61 Å². The Hall–Kier alpha value is -1.97. The summed E-state index contributed by atoms with van der Waals surface area (Å²) in [7, 11) is 0. The van der Waals surface area contributed by atoms with Gasteiger partial charge >= 0.3 is 5.97 Å². The number of carbonyl (C=O) groups is 1. The second kappa shape index (κ2) is 5.21. The molecule has 16 heavy (non-hydrogen) atoms. The van der Waals surface area contributed by atoms with E-state index in [0.717, 1.165) is 0 Å². The lowest BCUT2D eigenvalue weighted by Crippen LogP contribution is -2.06. The fourth-order valence-electron chi connectivity index (χ4n) is 1.38. The van der Waals surface area contributed by atoms with Gasteiger partial charge in [-0.1, -0.05) is 18.7 Å². The lowest BCUT2D eigenvalue weighted by molar-refractivity contribution is -0.136. The maximum atomic E-state index is 11.5. The first-order valence-corrected chi connectivity index (χ1v) is 4.91. The summed E-state index contributed by atoms with van der Waals surface area (Å²) in [6.45, 7) is 7.40. The minimum absolute atomic E-state index is 0.241. The fraction of sp³-hybridized carbons (Fsp3) is 0.250. The van der Waals surface area contributed by atoms with Gasteiger partial charge in [-0.25, -0.2) is 4.79 Å². The molecule has 0 saturated carbocycles. The lowest BCUT2D eigenvalue weighted by Gasteiger charge is -2.09. The summed E-state index contributed by atoms with van der Waals surface area (Å²) in [6, 6.07) is 4.96. The molecule has 4 nitrogen and oxygen atoms in total. The van der Waals surface area contributed by atoms with Crippen LogP contribution >= 0.6 is 0 Å². The van der Waals surface area contributed by atoms with Gasteiger partial charge in [0.2, 0.25) is 0 Å². The summed E-state index contributed by atoms with van der Waals surface area (Å²) >= 11 is 0. The van der Waals surface area contributed by atoms with Gasteiger partial charge in [-0.2, -0.15) is 0 Å². The molecule has 4 heteroatoms. The Morgan fingerprint density at radius 3 is 2.75 bits per heavy atom. The third-order valence-corrected chi connectivity index (χ3v) is 2.25. The van der Waals surface area contributed by atoms with Crippen LogP contribution in [0, 0.1) is 11.8 Å². The van der Waals surface area contributed by atoms with E-state index in [1.165, 1.54) is 0 Å². The molecule has 0 heterocycles. The van der Waals surface area contributed by atoms with Crippen LogP contribution in [0.5, 0.6) is 0 Å². The fourth-order valence-corrected chi connectivity index (χ4v) is 1.38. The molecule has 84 valence electrons. The molecule has 0 fully saturated rings. The van der Waals surface area contributed by atoms with Gasteiger partial charge in [0, 0.05) is 0 Å². The van der Waals surface area contributed by atoms with Gasteiger partial charge in [0.25, 0.3) is 0 Å². The Kier molecular flexibility index (Phi) is 3.94. The maximum absolute atomic E-state index is 11.5. The van der Waals surface area contributed by atoms with Gasteiger partial charge in [-0.15, -0.1) is 4.91 Å². The van der Waals surface area contributed by atoms with Crippen molar-refractivity contribution < 1.29 is 9.53 Å². The van der Waals surface area contributed by atoms with E-state index in [4.69, 9.17) is 4.74 Å². The molecule has 0 aliphatic rings. The predicted molar refractivity (Wildman–Crippen MR) is 62.3 cm³/mol. The van der Waals surface area contributed by atoms with Crippen molar-refractivity contribution in [1.82, 2.24) is 0 Å². The molecule has 0 aliphatic carbocycles. The van der Waals surface area contributed by atoms with E-state index in [0.29, 0.717) is 23.4 Å². The summed E-state index contributed by atoms with van der Waals surface area (Å²) in [5, 5.41) is 2.88. The van der Waals surface area contributed by atoms with Crippen LogP contribution in [0.3, 0.4) is 0 Å². The smallest absolute Gasteiger partial charge is 0.338 e. The van der Waals surface area contributed by atoms with Crippen LogP contribution < -0.4 is 0 Å². The highest BCUT2D eigenvalue weighted by Gasteiger charge is 2.14. The number of hydrogen-bond donors (Lipinski definition) is 0. The van der Waals surface area contributed by atoms with Gasteiger partial charge < -0.3 is 4.74 Å². The van der Waals surface area contributed by atoms with Crippen molar-refractivity contribution >= 4 is 17.2 Å². The highest BCUT2D eigenvalue weighted by Crippen LogP contribution is 2.26. The van der Waals surface area contributed by atoms with Gasteiger partial charge in [0.05, 0.1) is 12.2 Å². The number of esters is 1. The molecular formula is C12H13NO3. The van der Waals surface area contributed by atoms with Crippen molar-refractivity contribution in [2.45, 2.75) is 13.8 Å². The minimum atomic E-state index is -0.478. The SMILES string of the molecule is C=C(C(=O)OCC)c1cccc(N=O)c1C. The summed E-state index contributed by atoms with van der Waals surface area (Å²) < 4.78 is 4.84. The Morgan fingerprint density at radius 1 is 1.50 bits per heavy atom. The minimum Gasteiger partial charge on any atom is -0.462 e. The Balaban J connectivity index is 3.09. The topological polar surface area (TPSA) is 55.7 Å². The average Bonchev–Trinajstić information content (AvgIpc) is 2.29. The van der Waals surface area contributed by atoms with Gasteiger partial charge in [-0.05, 0) is 36.2 Å². The largest absolute Gasteiger partial charge is 0.462 e. The van der Waals surface area contributed by atoms with Crippen LogP contribution in [0.1, 0.15) is 18.1 Å². The van der Waals surface area contributed by atoms with Crippen molar-refractivity contribution in [1.29, 1.82) is 0 Å². The number of benzene rings is 1. The zero-order chi connectivity index (χ0) is 12.1. The molecule has 1 rings (SSSR count). The molecule has 0 aliphatic heterocycles. The maximum Gasteiger partial charge on any atom is 0.338 e. The predicted octanol–water partition coefficient (Wildman–Crippen LogP) is 2.97. The van der Waals surface area contributed by atoms with Gasteiger partial charge in [-0.3, -0.25) is 0 Å². The third-order valence-electron chi connectivity index (χ3n) is 2.25. The van der Waals surface area contributed by atoms with Crippen molar-refractivity contribution in [3.63, 3.8) is 0 Å². The van der Waals surface area contributed by atoms with Crippen LogP contribution in [-0.2, 0) is 9.53 Å². The normalized spacial score (nSPS) is 9.62. The summed E-state index contributed by atoms with van der Waals surface area (Å²) in [6.07, 6.45) is 0. The van der Waals surface area contributed by atoms with Gasteiger partial charge in [0.1, 0.15) is 5.69 Å². The number of ether oxygens (including phenoxy) is 1. The second-order valence-electron chi connectivity index (χ2n) is 3.24. The van der Waals surface area contributed by atoms with E-state index in [9.17, 15) is 9.70 Å². The first-order valence-electron chi connectivity index (χ1n) is 4.91. The number of carbonyl (C=O) groups excluding carboxylic acids is 1. The molecule has 0 bridgehead atoms. The molecule has 0 saturated heterocycles. The monoisotopic (exact) mass is 219 g/mol. The molecular weight excluding hydrogens is 206 g/mol. The van der Waals surface area contributed by atoms with E-state index in [-0.39, 0.29) is 5.57 Å². The van der Waals surface area contributed by atoms with E-state index < -0.39 is 5.97 Å². The quantitative estimate of drug-likeness (QED) is 0.444. The molecule has 0 unspecified atom stereocenters. The molecule has 0 amide bonds. The Bertz CT molecular complexity index is 438. The van der Waals surface area contributed by atoms with E-state index >= 15 is 0 Å².